The molecule has 3 unspecified atom stereocenters. The largest absolute Gasteiger partial charge is 0.0995 e. The van der Waals surface area contributed by atoms with Gasteiger partial charge in [-0.15, -0.1) is 0 Å². The molecule has 0 aliphatic heterocycles. The first-order chi connectivity index (χ1) is 5.12. The Labute approximate surface area is 69.0 Å². The van der Waals surface area contributed by atoms with Crippen molar-refractivity contribution in [1.29, 1.82) is 0 Å². The predicted molar refractivity (Wildman–Crippen MR) is 48.3 cm³/mol. The summed E-state index contributed by atoms with van der Waals surface area (Å²) < 4.78 is 0. The molecule has 0 N–H and O–H groups in total. The molecule has 2 aliphatic rings. The van der Waals surface area contributed by atoms with Gasteiger partial charge in [0.15, 0.2) is 0 Å². The molecule has 2 aliphatic carbocycles. The zero-order valence-electron chi connectivity index (χ0n) is 7.43. The number of allylic oxidation sites excluding steroid dienone is 3. The van der Waals surface area contributed by atoms with Crippen molar-refractivity contribution < 1.29 is 0 Å². The second-order valence-electron chi connectivity index (χ2n) is 4.45. The maximum absolute atomic E-state index is 4.00. The fraction of sp³-hybridized carbons (Fsp3) is 0.636. The van der Waals surface area contributed by atoms with Gasteiger partial charge in [-0.3, -0.25) is 0 Å². The lowest BCUT2D eigenvalue weighted by Crippen LogP contribution is -2.08. The van der Waals surface area contributed by atoms with Crippen molar-refractivity contribution in [3.05, 3.63) is 24.3 Å². The molecule has 60 valence electrons. The summed E-state index contributed by atoms with van der Waals surface area (Å²) in [6, 6.07) is 0. The molecule has 0 heteroatoms. The topological polar surface area (TPSA) is 0 Å². The first-order valence-electron chi connectivity index (χ1n) is 4.46. The molecule has 0 spiro atoms. The summed E-state index contributed by atoms with van der Waals surface area (Å²) in [4.78, 5) is 0. The summed E-state index contributed by atoms with van der Waals surface area (Å²) in [6.07, 6.45) is 7.52. The Balaban J connectivity index is 2.12. The third-order valence-electron chi connectivity index (χ3n) is 3.34. The van der Waals surface area contributed by atoms with Gasteiger partial charge in [0.25, 0.3) is 0 Å². The molecule has 3 atom stereocenters. The van der Waals surface area contributed by atoms with E-state index in [1.807, 2.05) is 0 Å². The van der Waals surface area contributed by atoms with Crippen LogP contribution in [-0.4, -0.2) is 0 Å². The third-order valence-corrected chi connectivity index (χ3v) is 3.34. The zero-order valence-corrected chi connectivity index (χ0v) is 7.43. The Morgan fingerprint density at radius 3 is 2.91 bits per heavy atom. The summed E-state index contributed by atoms with van der Waals surface area (Å²) >= 11 is 0. The van der Waals surface area contributed by atoms with E-state index in [-0.39, 0.29) is 0 Å². The van der Waals surface area contributed by atoms with Crippen molar-refractivity contribution in [1.82, 2.24) is 0 Å². The Bertz CT molecular complexity index is 224. The Kier molecular flexibility index (Phi) is 1.30. The van der Waals surface area contributed by atoms with Crippen molar-refractivity contribution in [3.8, 4) is 0 Å². The van der Waals surface area contributed by atoms with Gasteiger partial charge in [-0.1, -0.05) is 31.2 Å². The lowest BCUT2D eigenvalue weighted by atomic mass is 9.86. The summed E-state index contributed by atoms with van der Waals surface area (Å²) in [6.45, 7) is 8.51. The number of fused-ring (bicyclic) bond motifs is 1. The predicted octanol–water partition coefficient (Wildman–Crippen LogP) is 3.16. The van der Waals surface area contributed by atoms with Crippen LogP contribution >= 0.6 is 0 Å². The van der Waals surface area contributed by atoms with Gasteiger partial charge in [0, 0.05) is 0 Å². The lowest BCUT2D eigenvalue weighted by molar-refractivity contribution is 0.501. The Morgan fingerprint density at radius 2 is 2.36 bits per heavy atom. The van der Waals surface area contributed by atoms with E-state index in [1.54, 1.807) is 0 Å². The molecule has 2 rings (SSSR count). The van der Waals surface area contributed by atoms with Crippen molar-refractivity contribution >= 4 is 0 Å². The number of rotatable bonds is 1. The molecule has 0 aromatic rings. The molecule has 1 saturated carbocycles. The van der Waals surface area contributed by atoms with Gasteiger partial charge in [0.1, 0.15) is 0 Å². The van der Waals surface area contributed by atoms with Crippen molar-refractivity contribution in [3.63, 3.8) is 0 Å². The van der Waals surface area contributed by atoms with Crippen LogP contribution in [0.2, 0.25) is 0 Å². The molecule has 0 aromatic carbocycles. The second-order valence-corrected chi connectivity index (χ2v) is 4.45. The summed E-state index contributed by atoms with van der Waals surface area (Å²) in [5, 5.41) is 0. The maximum Gasteiger partial charge on any atom is -0.00256 e. The molecule has 1 fully saturated rings. The average molecular weight is 148 g/mol. The maximum atomic E-state index is 4.00. The zero-order chi connectivity index (χ0) is 8.06. The fourth-order valence-electron chi connectivity index (χ4n) is 2.12. The van der Waals surface area contributed by atoms with Gasteiger partial charge in [-0.05, 0) is 37.0 Å². The summed E-state index contributed by atoms with van der Waals surface area (Å²) in [7, 11) is 0. The van der Waals surface area contributed by atoms with E-state index in [1.165, 1.54) is 18.4 Å². The number of hydrogen-bond acceptors (Lipinski definition) is 0. The first kappa shape index (κ1) is 7.15. The van der Waals surface area contributed by atoms with Crippen LogP contribution in [0.5, 0.6) is 0 Å². The molecular formula is C11H16. The molecule has 0 nitrogen and oxygen atoms in total. The molecule has 0 bridgehead atoms. The summed E-state index contributed by atoms with van der Waals surface area (Å²) in [5.74, 6) is 1.64. The average Bonchev–Trinajstić information content (AvgIpc) is 2.58. The second kappa shape index (κ2) is 2.00. The minimum atomic E-state index is 0.589. The van der Waals surface area contributed by atoms with E-state index in [2.05, 4.69) is 32.6 Å². The molecule has 0 saturated heterocycles. The van der Waals surface area contributed by atoms with Crippen LogP contribution in [0.15, 0.2) is 24.3 Å². The van der Waals surface area contributed by atoms with Crippen LogP contribution in [0, 0.1) is 17.3 Å². The highest BCUT2D eigenvalue weighted by Crippen LogP contribution is 2.59. The van der Waals surface area contributed by atoms with Gasteiger partial charge in [0.2, 0.25) is 0 Å². The van der Waals surface area contributed by atoms with Crippen molar-refractivity contribution in [2.45, 2.75) is 26.7 Å². The smallest absolute Gasteiger partial charge is 0.00256 e. The molecular weight excluding hydrogens is 132 g/mol. The van der Waals surface area contributed by atoms with Gasteiger partial charge in [-0.2, -0.15) is 0 Å². The first-order valence-corrected chi connectivity index (χ1v) is 4.46. The van der Waals surface area contributed by atoms with Crippen LogP contribution in [-0.2, 0) is 0 Å². The Hall–Kier alpha value is -0.520. The van der Waals surface area contributed by atoms with E-state index in [9.17, 15) is 0 Å². The van der Waals surface area contributed by atoms with Crippen LogP contribution in [0.3, 0.4) is 0 Å². The number of hydrogen-bond donors (Lipinski definition) is 0. The molecule has 0 heterocycles. The highest BCUT2D eigenvalue weighted by atomic mass is 14.5. The van der Waals surface area contributed by atoms with Gasteiger partial charge in [-0.25, -0.2) is 0 Å². The quantitative estimate of drug-likeness (QED) is 0.501. The Morgan fingerprint density at radius 1 is 1.64 bits per heavy atom. The normalized spacial score (nSPS) is 46.7. The van der Waals surface area contributed by atoms with E-state index in [0.717, 1.165) is 5.92 Å². The van der Waals surface area contributed by atoms with Crippen molar-refractivity contribution in [2.24, 2.45) is 17.3 Å². The molecule has 0 radical (unpaired) electrons. The lowest BCUT2D eigenvalue weighted by Gasteiger charge is -2.19. The van der Waals surface area contributed by atoms with Gasteiger partial charge >= 0.3 is 0 Å². The molecule has 0 aromatic heterocycles. The SMILES string of the molecule is C=C(C)C1C=CC2(C)CC2C1. The minimum Gasteiger partial charge on any atom is -0.0995 e. The van der Waals surface area contributed by atoms with E-state index < -0.39 is 0 Å². The van der Waals surface area contributed by atoms with Crippen LogP contribution in [0.4, 0.5) is 0 Å². The van der Waals surface area contributed by atoms with Crippen LogP contribution in [0.1, 0.15) is 26.7 Å². The van der Waals surface area contributed by atoms with Crippen molar-refractivity contribution in [2.75, 3.05) is 0 Å². The minimum absolute atomic E-state index is 0.589. The molecule has 0 amide bonds. The van der Waals surface area contributed by atoms with E-state index in [4.69, 9.17) is 0 Å². The van der Waals surface area contributed by atoms with Gasteiger partial charge in [0.05, 0.1) is 0 Å². The van der Waals surface area contributed by atoms with Crippen LogP contribution < -0.4 is 0 Å². The highest BCUT2D eigenvalue weighted by molar-refractivity contribution is 5.22. The fourth-order valence-corrected chi connectivity index (χ4v) is 2.12. The summed E-state index contributed by atoms with van der Waals surface area (Å²) in [5.41, 5.74) is 1.92. The molecule has 11 heavy (non-hydrogen) atoms. The van der Waals surface area contributed by atoms with Gasteiger partial charge < -0.3 is 0 Å². The van der Waals surface area contributed by atoms with Crippen LogP contribution in [0.25, 0.3) is 0 Å². The third kappa shape index (κ3) is 1.05. The highest BCUT2D eigenvalue weighted by Gasteiger charge is 2.50. The van der Waals surface area contributed by atoms with E-state index >= 15 is 0 Å². The monoisotopic (exact) mass is 148 g/mol. The standard InChI is InChI=1S/C11H16/c1-8(2)9-4-5-11(3)7-10(11)6-9/h4-5,9-10H,1,6-7H2,2-3H3. The van der Waals surface area contributed by atoms with E-state index in [0.29, 0.717) is 11.3 Å².